The van der Waals surface area contributed by atoms with E-state index in [0.717, 1.165) is 55.4 Å². The second kappa shape index (κ2) is 9.13. The molecule has 8 heteroatoms. The molecule has 0 radical (unpaired) electrons. The summed E-state index contributed by atoms with van der Waals surface area (Å²) in [4.78, 5) is 23.4. The molecule has 5 rings (SSSR count). The van der Waals surface area contributed by atoms with Gasteiger partial charge in [0, 0.05) is 54.7 Å². The molecule has 6 nitrogen and oxygen atoms in total. The molecule has 0 aliphatic carbocycles. The zero-order valence-corrected chi connectivity index (χ0v) is 18.7. The van der Waals surface area contributed by atoms with Crippen molar-refractivity contribution >= 4 is 28.6 Å². The highest BCUT2D eigenvalue weighted by Crippen LogP contribution is 2.25. The number of aromatic nitrogens is 3. The largest absolute Gasteiger partial charge is 0.335 e. The number of hydrogen-bond donors (Lipinski definition) is 0. The Hall–Kier alpha value is -2.81. The van der Waals surface area contributed by atoms with Crippen molar-refractivity contribution < 1.29 is 4.79 Å². The third-order valence-corrected chi connectivity index (χ3v) is 7.32. The number of piperazine rings is 1. The smallest absolute Gasteiger partial charge is 0.273 e. The SMILES string of the molecule is O=C(c1csc(-c2cnn(-c3ccccc3)c2)n1)N1CCN(CCc2cccs2)CC1. The Labute approximate surface area is 189 Å². The predicted molar refractivity (Wildman–Crippen MR) is 125 cm³/mol. The molecule has 158 valence electrons. The van der Waals surface area contributed by atoms with Gasteiger partial charge in [-0.25, -0.2) is 9.67 Å². The van der Waals surface area contributed by atoms with Crippen molar-refractivity contribution in [2.75, 3.05) is 32.7 Å². The van der Waals surface area contributed by atoms with Gasteiger partial charge >= 0.3 is 0 Å². The molecule has 1 aliphatic rings. The van der Waals surface area contributed by atoms with Crippen LogP contribution in [0.15, 0.2) is 65.6 Å². The highest BCUT2D eigenvalue weighted by atomic mass is 32.1. The molecule has 1 amide bonds. The summed E-state index contributed by atoms with van der Waals surface area (Å²) >= 11 is 3.30. The number of hydrogen-bond acceptors (Lipinski definition) is 6. The second-order valence-corrected chi connectivity index (χ2v) is 9.40. The van der Waals surface area contributed by atoms with Crippen molar-refractivity contribution in [1.29, 1.82) is 0 Å². The Morgan fingerprint density at radius 1 is 1.00 bits per heavy atom. The first-order valence-electron chi connectivity index (χ1n) is 10.4. The number of thiophene rings is 1. The molecule has 0 unspecified atom stereocenters. The average molecular weight is 450 g/mol. The fourth-order valence-electron chi connectivity index (χ4n) is 3.72. The lowest BCUT2D eigenvalue weighted by atomic mass is 10.2. The van der Waals surface area contributed by atoms with Crippen molar-refractivity contribution in [3.8, 4) is 16.3 Å². The van der Waals surface area contributed by atoms with E-state index in [1.54, 1.807) is 6.20 Å². The van der Waals surface area contributed by atoms with Gasteiger partial charge in [-0.05, 0) is 30.0 Å². The second-order valence-electron chi connectivity index (χ2n) is 7.51. The number of benzene rings is 1. The third-order valence-electron chi connectivity index (χ3n) is 5.49. The molecule has 0 spiro atoms. The zero-order chi connectivity index (χ0) is 21.0. The number of carbonyl (C=O) groups is 1. The van der Waals surface area contributed by atoms with Crippen LogP contribution in [0.25, 0.3) is 16.3 Å². The number of carbonyl (C=O) groups excluding carboxylic acids is 1. The van der Waals surface area contributed by atoms with Gasteiger partial charge in [-0.15, -0.1) is 22.7 Å². The van der Waals surface area contributed by atoms with Crippen LogP contribution in [0.3, 0.4) is 0 Å². The number of amides is 1. The number of para-hydroxylation sites is 1. The van der Waals surface area contributed by atoms with E-state index in [-0.39, 0.29) is 5.91 Å². The molecule has 0 N–H and O–H groups in total. The van der Waals surface area contributed by atoms with Gasteiger partial charge in [0.05, 0.1) is 11.9 Å². The van der Waals surface area contributed by atoms with Crippen molar-refractivity contribution in [3.05, 3.63) is 76.2 Å². The zero-order valence-electron chi connectivity index (χ0n) is 17.1. The van der Waals surface area contributed by atoms with Crippen LogP contribution in [-0.2, 0) is 6.42 Å². The van der Waals surface area contributed by atoms with Gasteiger partial charge in [0.15, 0.2) is 0 Å². The van der Waals surface area contributed by atoms with Crippen molar-refractivity contribution in [2.24, 2.45) is 0 Å². The molecule has 1 aliphatic heterocycles. The van der Waals surface area contributed by atoms with Crippen LogP contribution in [-0.4, -0.2) is 63.2 Å². The average Bonchev–Trinajstić information content (AvgIpc) is 3.59. The summed E-state index contributed by atoms with van der Waals surface area (Å²) in [6, 6.07) is 14.3. The predicted octanol–water partition coefficient (Wildman–Crippen LogP) is 4.06. The van der Waals surface area contributed by atoms with Crippen LogP contribution in [0.1, 0.15) is 15.4 Å². The van der Waals surface area contributed by atoms with Crippen LogP contribution < -0.4 is 0 Å². The number of rotatable bonds is 6. The minimum atomic E-state index is 0.0239. The van der Waals surface area contributed by atoms with Gasteiger partial charge in [-0.2, -0.15) is 5.10 Å². The first kappa shape index (κ1) is 20.1. The lowest BCUT2D eigenvalue weighted by Crippen LogP contribution is -2.49. The van der Waals surface area contributed by atoms with Crippen molar-refractivity contribution in [2.45, 2.75) is 6.42 Å². The molecule has 3 aromatic heterocycles. The van der Waals surface area contributed by atoms with Crippen LogP contribution in [0.4, 0.5) is 0 Å². The molecular weight excluding hydrogens is 426 g/mol. The molecule has 1 aromatic carbocycles. The van der Waals surface area contributed by atoms with E-state index in [0.29, 0.717) is 5.69 Å². The van der Waals surface area contributed by atoms with E-state index in [9.17, 15) is 4.79 Å². The van der Waals surface area contributed by atoms with E-state index < -0.39 is 0 Å². The fraction of sp³-hybridized carbons (Fsp3) is 0.261. The summed E-state index contributed by atoms with van der Waals surface area (Å²) in [5.74, 6) is 0.0239. The van der Waals surface area contributed by atoms with E-state index in [1.807, 2.05) is 62.8 Å². The Kier molecular flexibility index (Phi) is 5.93. The van der Waals surface area contributed by atoms with Crippen LogP contribution in [0, 0.1) is 0 Å². The third kappa shape index (κ3) is 4.61. The van der Waals surface area contributed by atoms with E-state index in [2.05, 4.69) is 32.5 Å². The van der Waals surface area contributed by atoms with Crippen LogP contribution in [0.2, 0.25) is 0 Å². The van der Waals surface area contributed by atoms with Gasteiger partial charge in [0.25, 0.3) is 5.91 Å². The minimum Gasteiger partial charge on any atom is -0.335 e. The molecular formula is C23H23N5OS2. The molecule has 31 heavy (non-hydrogen) atoms. The summed E-state index contributed by atoms with van der Waals surface area (Å²) in [5.41, 5.74) is 2.45. The number of nitrogens with zero attached hydrogens (tertiary/aromatic N) is 5. The van der Waals surface area contributed by atoms with Crippen LogP contribution >= 0.6 is 22.7 Å². The number of thiazole rings is 1. The standard InChI is InChI=1S/C23H23N5OS2/c29-23(27-12-10-26(11-13-27)9-8-20-7-4-14-30-20)21-17-31-22(25-21)18-15-24-28(16-18)19-5-2-1-3-6-19/h1-7,14-17H,8-13H2. The molecule has 1 saturated heterocycles. The molecule has 0 atom stereocenters. The molecule has 4 aromatic rings. The maximum absolute atomic E-state index is 13.0. The quantitative estimate of drug-likeness (QED) is 0.446. The summed E-state index contributed by atoms with van der Waals surface area (Å²) in [7, 11) is 0. The van der Waals surface area contributed by atoms with E-state index >= 15 is 0 Å². The van der Waals surface area contributed by atoms with Gasteiger partial charge in [0.1, 0.15) is 10.7 Å². The first-order chi connectivity index (χ1) is 15.3. The lowest BCUT2D eigenvalue weighted by Gasteiger charge is -2.34. The fourth-order valence-corrected chi connectivity index (χ4v) is 5.19. The van der Waals surface area contributed by atoms with Crippen molar-refractivity contribution in [1.82, 2.24) is 24.6 Å². The van der Waals surface area contributed by atoms with Gasteiger partial charge < -0.3 is 4.90 Å². The molecule has 0 bridgehead atoms. The van der Waals surface area contributed by atoms with Crippen LogP contribution in [0.5, 0.6) is 0 Å². The van der Waals surface area contributed by atoms with Gasteiger partial charge in [-0.1, -0.05) is 24.3 Å². The Morgan fingerprint density at radius 2 is 1.84 bits per heavy atom. The maximum atomic E-state index is 13.0. The summed E-state index contributed by atoms with van der Waals surface area (Å²) in [6.45, 7) is 4.38. The molecule has 1 fully saturated rings. The lowest BCUT2D eigenvalue weighted by molar-refractivity contribution is 0.0634. The van der Waals surface area contributed by atoms with Gasteiger partial charge in [-0.3, -0.25) is 9.69 Å². The summed E-state index contributed by atoms with van der Waals surface area (Å²) in [5, 5.41) is 9.24. The highest BCUT2D eigenvalue weighted by Gasteiger charge is 2.24. The van der Waals surface area contributed by atoms with E-state index in [1.165, 1.54) is 16.2 Å². The molecule has 0 saturated carbocycles. The highest BCUT2D eigenvalue weighted by molar-refractivity contribution is 7.13. The topological polar surface area (TPSA) is 54.3 Å². The normalized spacial score (nSPS) is 14.8. The van der Waals surface area contributed by atoms with Gasteiger partial charge in [0.2, 0.25) is 0 Å². The van der Waals surface area contributed by atoms with Crippen molar-refractivity contribution in [3.63, 3.8) is 0 Å². The Bertz CT molecular complexity index is 1130. The Morgan fingerprint density at radius 3 is 2.61 bits per heavy atom. The summed E-state index contributed by atoms with van der Waals surface area (Å²) < 4.78 is 1.83. The van der Waals surface area contributed by atoms with E-state index in [4.69, 9.17) is 0 Å². The first-order valence-corrected chi connectivity index (χ1v) is 12.1. The monoisotopic (exact) mass is 449 g/mol. The Balaban J connectivity index is 1.18. The maximum Gasteiger partial charge on any atom is 0.273 e. The minimum absolute atomic E-state index is 0.0239. The molecule has 4 heterocycles. The summed E-state index contributed by atoms with van der Waals surface area (Å²) in [6.07, 6.45) is 4.83.